The molecule has 0 spiro atoms. The van der Waals surface area contributed by atoms with Crippen LogP contribution in [0.1, 0.15) is 13.3 Å². The van der Waals surface area contributed by atoms with E-state index < -0.39 is 0 Å². The largest absolute Gasteiger partial charge is 0.308 e. The highest BCUT2D eigenvalue weighted by Crippen LogP contribution is 2.11. The second kappa shape index (κ2) is 4.72. The molecule has 1 N–H and O–H groups in total. The molecule has 1 aliphatic heterocycles. The van der Waals surface area contributed by atoms with Gasteiger partial charge in [0.25, 0.3) is 0 Å². The first-order valence-electron chi connectivity index (χ1n) is 5.13. The van der Waals surface area contributed by atoms with Gasteiger partial charge in [-0.1, -0.05) is 0 Å². The Bertz CT molecular complexity index is 265. The van der Waals surface area contributed by atoms with Crippen LogP contribution >= 0.6 is 0 Å². The summed E-state index contributed by atoms with van der Waals surface area (Å²) in [6, 6.07) is -0.134. The van der Waals surface area contributed by atoms with Gasteiger partial charge in [0, 0.05) is 19.6 Å². The Labute approximate surface area is 90.4 Å². The van der Waals surface area contributed by atoms with Crippen LogP contribution in [0.25, 0.3) is 0 Å². The first-order valence-corrected chi connectivity index (χ1v) is 5.13. The number of hydrogen-bond acceptors (Lipinski definition) is 4. The molecule has 2 unspecified atom stereocenters. The molecule has 0 aliphatic carbocycles. The summed E-state index contributed by atoms with van der Waals surface area (Å²) in [5.41, 5.74) is 0. The molecule has 1 heterocycles. The van der Waals surface area contributed by atoms with Crippen LogP contribution in [0.4, 0.5) is 0 Å². The topological polar surface area (TPSA) is 52.7 Å². The van der Waals surface area contributed by atoms with Crippen LogP contribution in [-0.4, -0.2) is 61.4 Å². The highest BCUT2D eigenvalue weighted by Gasteiger charge is 2.36. The monoisotopic (exact) mass is 213 g/mol. The number of hydrogen-bond donors (Lipinski definition) is 1. The number of imide groups is 1. The maximum Gasteiger partial charge on any atom is 0.246 e. The van der Waals surface area contributed by atoms with Crippen molar-refractivity contribution < 1.29 is 9.59 Å². The van der Waals surface area contributed by atoms with Crippen molar-refractivity contribution in [1.29, 1.82) is 0 Å². The van der Waals surface area contributed by atoms with E-state index >= 15 is 0 Å². The highest BCUT2D eigenvalue weighted by atomic mass is 16.2. The standard InChI is InChI=1S/C10H19N3O2/c1-7(6-12(2)3)11-8-5-9(14)13(4)10(8)15/h7-8,11H,5-6H2,1-4H3. The van der Waals surface area contributed by atoms with Crippen molar-refractivity contribution in [2.75, 3.05) is 27.7 Å². The maximum atomic E-state index is 11.6. The van der Waals surface area contributed by atoms with E-state index in [0.717, 1.165) is 6.54 Å². The van der Waals surface area contributed by atoms with Crippen molar-refractivity contribution in [2.45, 2.75) is 25.4 Å². The first kappa shape index (κ1) is 12.1. The van der Waals surface area contributed by atoms with Gasteiger partial charge in [0.15, 0.2) is 0 Å². The second-order valence-corrected chi connectivity index (χ2v) is 4.38. The van der Waals surface area contributed by atoms with Crippen molar-refractivity contribution in [3.05, 3.63) is 0 Å². The average molecular weight is 213 g/mol. The molecule has 5 heteroatoms. The Morgan fingerprint density at radius 3 is 2.53 bits per heavy atom. The van der Waals surface area contributed by atoms with Gasteiger partial charge in [0.2, 0.25) is 11.8 Å². The molecular formula is C10H19N3O2. The van der Waals surface area contributed by atoms with Crippen molar-refractivity contribution in [3.63, 3.8) is 0 Å². The summed E-state index contributed by atoms with van der Waals surface area (Å²) < 4.78 is 0. The Balaban J connectivity index is 2.46. The number of amides is 2. The molecule has 15 heavy (non-hydrogen) atoms. The normalized spacial score (nSPS) is 24.1. The van der Waals surface area contributed by atoms with Gasteiger partial charge in [-0.3, -0.25) is 14.5 Å². The predicted molar refractivity (Wildman–Crippen MR) is 57.3 cm³/mol. The predicted octanol–water partition coefficient (Wildman–Crippen LogP) is -0.717. The molecule has 0 aromatic heterocycles. The highest BCUT2D eigenvalue weighted by molar-refractivity contribution is 6.05. The Kier molecular flexibility index (Phi) is 3.82. The summed E-state index contributed by atoms with van der Waals surface area (Å²) in [5, 5.41) is 3.17. The molecule has 0 aromatic rings. The number of rotatable bonds is 4. The van der Waals surface area contributed by atoms with Crippen LogP contribution in [0.15, 0.2) is 0 Å². The molecule has 0 aromatic carbocycles. The van der Waals surface area contributed by atoms with E-state index in [1.54, 1.807) is 0 Å². The molecule has 1 rings (SSSR count). The SMILES string of the molecule is CC(CN(C)C)NC1CC(=O)N(C)C1=O. The van der Waals surface area contributed by atoms with Gasteiger partial charge in [-0.2, -0.15) is 0 Å². The summed E-state index contributed by atoms with van der Waals surface area (Å²) in [4.78, 5) is 26.1. The van der Waals surface area contributed by atoms with Gasteiger partial charge in [0.1, 0.15) is 0 Å². The molecule has 2 atom stereocenters. The zero-order chi connectivity index (χ0) is 11.6. The third kappa shape index (κ3) is 3.00. The molecule has 2 amide bonds. The van der Waals surface area contributed by atoms with Crippen molar-refractivity contribution in [3.8, 4) is 0 Å². The summed E-state index contributed by atoms with van der Waals surface area (Å²) in [7, 11) is 5.49. The fourth-order valence-corrected chi connectivity index (χ4v) is 1.83. The molecule has 0 bridgehead atoms. The van der Waals surface area contributed by atoms with Crippen LogP contribution in [-0.2, 0) is 9.59 Å². The second-order valence-electron chi connectivity index (χ2n) is 4.38. The van der Waals surface area contributed by atoms with E-state index in [2.05, 4.69) is 5.32 Å². The van der Waals surface area contributed by atoms with Gasteiger partial charge < -0.3 is 10.2 Å². The zero-order valence-corrected chi connectivity index (χ0v) is 9.78. The lowest BCUT2D eigenvalue weighted by Crippen LogP contribution is -2.45. The van der Waals surface area contributed by atoms with E-state index in [1.165, 1.54) is 11.9 Å². The van der Waals surface area contributed by atoms with Gasteiger partial charge in [-0.05, 0) is 21.0 Å². The minimum Gasteiger partial charge on any atom is -0.308 e. The number of carbonyl (C=O) groups excluding carboxylic acids is 2. The van der Waals surface area contributed by atoms with Crippen molar-refractivity contribution >= 4 is 11.8 Å². The zero-order valence-electron chi connectivity index (χ0n) is 9.78. The Morgan fingerprint density at radius 1 is 1.53 bits per heavy atom. The minimum atomic E-state index is -0.336. The maximum absolute atomic E-state index is 11.6. The number of likely N-dealkylation sites (tertiary alicyclic amines) is 1. The minimum absolute atomic E-state index is 0.102. The van der Waals surface area contributed by atoms with Gasteiger partial charge in [-0.15, -0.1) is 0 Å². The number of carbonyl (C=O) groups is 2. The molecule has 5 nitrogen and oxygen atoms in total. The summed E-state index contributed by atoms with van der Waals surface area (Å²) in [6.07, 6.45) is 0.285. The lowest BCUT2D eigenvalue weighted by Gasteiger charge is -2.21. The van der Waals surface area contributed by atoms with Crippen LogP contribution < -0.4 is 5.32 Å². The third-order valence-electron chi connectivity index (χ3n) is 2.51. The average Bonchev–Trinajstić information content (AvgIpc) is 2.32. The Morgan fingerprint density at radius 2 is 2.13 bits per heavy atom. The number of nitrogens with one attached hydrogen (secondary N) is 1. The van der Waals surface area contributed by atoms with Crippen LogP contribution in [0.3, 0.4) is 0 Å². The van der Waals surface area contributed by atoms with Gasteiger partial charge >= 0.3 is 0 Å². The van der Waals surface area contributed by atoms with E-state index in [1.807, 2.05) is 25.9 Å². The van der Waals surface area contributed by atoms with Crippen LogP contribution in [0.2, 0.25) is 0 Å². The quantitative estimate of drug-likeness (QED) is 0.626. The first-order chi connectivity index (χ1) is 6.91. The smallest absolute Gasteiger partial charge is 0.246 e. The molecule has 1 fully saturated rings. The molecular weight excluding hydrogens is 194 g/mol. The van der Waals surface area contributed by atoms with E-state index in [4.69, 9.17) is 0 Å². The fraction of sp³-hybridized carbons (Fsp3) is 0.800. The molecule has 86 valence electrons. The summed E-state index contributed by atoms with van der Waals surface area (Å²) in [6.45, 7) is 2.86. The van der Waals surface area contributed by atoms with Crippen LogP contribution in [0.5, 0.6) is 0 Å². The lowest BCUT2D eigenvalue weighted by molar-refractivity contribution is -0.137. The van der Waals surface area contributed by atoms with E-state index in [-0.39, 0.29) is 30.3 Å². The summed E-state index contributed by atoms with van der Waals surface area (Å²) in [5.74, 6) is -0.222. The molecule has 1 aliphatic rings. The lowest BCUT2D eigenvalue weighted by atomic mass is 10.2. The fourth-order valence-electron chi connectivity index (χ4n) is 1.83. The van der Waals surface area contributed by atoms with Crippen molar-refractivity contribution in [1.82, 2.24) is 15.1 Å². The third-order valence-corrected chi connectivity index (χ3v) is 2.51. The number of likely N-dealkylation sites (N-methyl/N-ethyl adjacent to an activating group) is 2. The molecule has 0 saturated carbocycles. The van der Waals surface area contributed by atoms with Gasteiger partial charge in [0.05, 0.1) is 12.5 Å². The molecule has 0 radical (unpaired) electrons. The summed E-state index contributed by atoms with van der Waals surface area (Å²) >= 11 is 0. The van der Waals surface area contributed by atoms with Crippen LogP contribution in [0, 0.1) is 0 Å². The van der Waals surface area contributed by atoms with E-state index in [0.29, 0.717) is 0 Å². The van der Waals surface area contributed by atoms with Crippen molar-refractivity contribution in [2.24, 2.45) is 0 Å². The molecule has 1 saturated heterocycles. The Hall–Kier alpha value is -0.940. The number of nitrogens with zero attached hydrogens (tertiary/aromatic N) is 2. The van der Waals surface area contributed by atoms with Gasteiger partial charge in [-0.25, -0.2) is 0 Å². The van der Waals surface area contributed by atoms with E-state index in [9.17, 15) is 9.59 Å².